The molecule has 4 rings (SSSR count). The number of hydrogen-bond acceptors (Lipinski definition) is 3. The minimum Gasteiger partial charge on any atom is -0.266 e. The van der Waals surface area contributed by atoms with Crippen LogP contribution in [0.3, 0.4) is 0 Å². The Morgan fingerprint density at radius 1 is 0.926 bits per heavy atom. The Bertz CT molecular complexity index is 1110. The lowest BCUT2D eigenvalue weighted by molar-refractivity contribution is 0.592. The van der Waals surface area contributed by atoms with Gasteiger partial charge in [0.1, 0.15) is 0 Å². The highest BCUT2D eigenvalue weighted by atomic mass is 35.5. The molecule has 4 nitrogen and oxygen atoms in total. The van der Waals surface area contributed by atoms with Crippen LogP contribution < -0.4 is 4.31 Å². The van der Waals surface area contributed by atoms with E-state index in [2.05, 4.69) is 4.99 Å². The smallest absolute Gasteiger partial charge is 0.264 e. The number of benzene rings is 3. The minimum atomic E-state index is -3.58. The Labute approximate surface area is 163 Å². The normalized spacial score (nSPS) is 13.9. The van der Waals surface area contributed by atoms with Crippen LogP contribution in [0.1, 0.15) is 11.1 Å². The van der Waals surface area contributed by atoms with Gasteiger partial charge in [0.05, 0.1) is 16.3 Å². The Kier molecular flexibility index (Phi) is 4.72. The summed E-state index contributed by atoms with van der Waals surface area (Å²) in [6.45, 7) is 0.466. The Hall–Kier alpha value is -2.63. The number of rotatable bonds is 4. The molecular formula is C21H17ClN2O2S. The van der Waals surface area contributed by atoms with Crippen molar-refractivity contribution < 1.29 is 8.42 Å². The highest BCUT2D eigenvalue weighted by Gasteiger charge is 2.30. The Balaban J connectivity index is 1.58. The number of fused-ring (bicyclic) bond motifs is 1. The van der Waals surface area contributed by atoms with E-state index in [1.54, 1.807) is 36.5 Å². The summed E-state index contributed by atoms with van der Waals surface area (Å²) in [5.74, 6) is 0. The first-order chi connectivity index (χ1) is 13.1. The van der Waals surface area contributed by atoms with Crippen molar-refractivity contribution in [2.75, 3.05) is 10.8 Å². The van der Waals surface area contributed by atoms with Crippen LogP contribution in [0, 0.1) is 0 Å². The van der Waals surface area contributed by atoms with Crippen LogP contribution in [0.5, 0.6) is 0 Å². The van der Waals surface area contributed by atoms with Gasteiger partial charge in [-0.25, -0.2) is 8.42 Å². The molecule has 0 fully saturated rings. The summed E-state index contributed by atoms with van der Waals surface area (Å²) < 4.78 is 27.5. The van der Waals surface area contributed by atoms with E-state index < -0.39 is 10.0 Å². The van der Waals surface area contributed by atoms with Crippen molar-refractivity contribution in [1.82, 2.24) is 0 Å². The second-order valence-corrected chi connectivity index (χ2v) is 8.50. The van der Waals surface area contributed by atoms with E-state index in [1.165, 1.54) is 4.31 Å². The predicted molar refractivity (Wildman–Crippen MR) is 110 cm³/mol. The maximum atomic E-state index is 13.0. The quantitative estimate of drug-likeness (QED) is 0.592. The highest BCUT2D eigenvalue weighted by molar-refractivity contribution is 7.92. The van der Waals surface area contributed by atoms with E-state index in [4.69, 9.17) is 11.6 Å². The minimum absolute atomic E-state index is 0.260. The lowest BCUT2D eigenvalue weighted by Crippen LogP contribution is -2.29. The summed E-state index contributed by atoms with van der Waals surface area (Å²) in [5, 5.41) is 0.619. The van der Waals surface area contributed by atoms with Crippen LogP contribution in [-0.2, 0) is 16.4 Å². The molecule has 1 aliphatic heterocycles. The summed E-state index contributed by atoms with van der Waals surface area (Å²) in [7, 11) is -3.58. The van der Waals surface area contributed by atoms with Gasteiger partial charge in [0.25, 0.3) is 10.0 Å². The van der Waals surface area contributed by atoms with Crippen molar-refractivity contribution >= 4 is 39.2 Å². The SMILES string of the molecule is O=S(=O)(c1ccc(N=Cc2ccccc2Cl)cc1)N1CCc2ccccc21. The van der Waals surface area contributed by atoms with Gasteiger partial charge in [0.2, 0.25) is 0 Å². The first-order valence-electron chi connectivity index (χ1n) is 8.55. The molecule has 27 heavy (non-hydrogen) atoms. The highest BCUT2D eigenvalue weighted by Crippen LogP contribution is 2.33. The number of anilines is 1. The fourth-order valence-corrected chi connectivity index (χ4v) is 4.80. The molecule has 0 saturated heterocycles. The lowest BCUT2D eigenvalue weighted by atomic mass is 10.2. The molecule has 0 N–H and O–H groups in total. The van der Waals surface area contributed by atoms with Crippen LogP contribution in [0.2, 0.25) is 5.02 Å². The zero-order chi connectivity index (χ0) is 18.9. The molecule has 0 radical (unpaired) electrons. The molecule has 1 heterocycles. The van der Waals surface area contributed by atoms with Crippen LogP contribution in [-0.4, -0.2) is 21.2 Å². The van der Waals surface area contributed by atoms with Crippen molar-refractivity contribution in [1.29, 1.82) is 0 Å². The molecule has 0 aromatic heterocycles. The molecule has 3 aromatic carbocycles. The standard InChI is InChI=1S/C21H17ClN2O2S/c22-20-7-3-1-6-17(20)15-23-18-9-11-19(12-10-18)27(25,26)24-14-13-16-5-2-4-8-21(16)24/h1-12,15H,13-14H2. The van der Waals surface area contributed by atoms with E-state index in [1.807, 2.05) is 42.5 Å². The van der Waals surface area contributed by atoms with Gasteiger partial charge < -0.3 is 0 Å². The van der Waals surface area contributed by atoms with Gasteiger partial charge in [-0.1, -0.05) is 48.0 Å². The molecule has 0 aliphatic carbocycles. The average molecular weight is 397 g/mol. The second kappa shape index (κ2) is 7.18. The summed E-state index contributed by atoms with van der Waals surface area (Å²) >= 11 is 6.11. The zero-order valence-electron chi connectivity index (χ0n) is 14.4. The lowest BCUT2D eigenvalue weighted by Gasteiger charge is -2.19. The van der Waals surface area contributed by atoms with Crippen molar-refractivity contribution in [3.63, 3.8) is 0 Å². The van der Waals surface area contributed by atoms with E-state index in [9.17, 15) is 8.42 Å². The van der Waals surface area contributed by atoms with Crippen molar-refractivity contribution in [2.45, 2.75) is 11.3 Å². The van der Waals surface area contributed by atoms with Crippen molar-refractivity contribution in [2.24, 2.45) is 4.99 Å². The summed E-state index contributed by atoms with van der Waals surface area (Å²) in [5.41, 5.74) is 3.29. The van der Waals surface area contributed by atoms with Crippen LogP contribution in [0.15, 0.2) is 82.7 Å². The predicted octanol–water partition coefficient (Wildman–Crippen LogP) is 4.84. The van der Waals surface area contributed by atoms with E-state index in [-0.39, 0.29) is 4.90 Å². The third-order valence-corrected chi connectivity index (χ3v) is 6.70. The summed E-state index contributed by atoms with van der Waals surface area (Å²) in [4.78, 5) is 4.64. The molecular weight excluding hydrogens is 380 g/mol. The molecule has 1 aliphatic rings. The Morgan fingerprint density at radius 2 is 1.63 bits per heavy atom. The molecule has 0 atom stereocenters. The molecule has 6 heteroatoms. The van der Waals surface area contributed by atoms with Gasteiger partial charge in [-0.15, -0.1) is 0 Å². The molecule has 0 bridgehead atoms. The first kappa shape index (κ1) is 17.8. The number of para-hydroxylation sites is 1. The van der Waals surface area contributed by atoms with Crippen LogP contribution in [0.4, 0.5) is 11.4 Å². The monoisotopic (exact) mass is 396 g/mol. The maximum absolute atomic E-state index is 13.0. The third kappa shape index (κ3) is 3.48. The number of sulfonamides is 1. The van der Waals surface area contributed by atoms with Gasteiger partial charge in [-0.05, 0) is 48.4 Å². The van der Waals surface area contributed by atoms with Crippen molar-refractivity contribution in [3.8, 4) is 0 Å². The third-order valence-electron chi connectivity index (χ3n) is 4.53. The van der Waals surface area contributed by atoms with Gasteiger partial charge in [-0.2, -0.15) is 0 Å². The molecule has 0 saturated carbocycles. The fraction of sp³-hybridized carbons (Fsp3) is 0.0952. The first-order valence-corrected chi connectivity index (χ1v) is 10.4. The maximum Gasteiger partial charge on any atom is 0.264 e. The number of hydrogen-bond donors (Lipinski definition) is 0. The largest absolute Gasteiger partial charge is 0.266 e. The molecule has 0 spiro atoms. The molecule has 0 amide bonds. The molecule has 136 valence electrons. The Morgan fingerprint density at radius 3 is 2.41 bits per heavy atom. The van der Waals surface area contributed by atoms with Gasteiger partial charge in [0, 0.05) is 23.3 Å². The van der Waals surface area contributed by atoms with Crippen LogP contribution >= 0.6 is 11.6 Å². The number of aliphatic imine (C=N–C) groups is 1. The summed E-state index contributed by atoms with van der Waals surface area (Å²) in [6.07, 6.45) is 2.40. The molecule has 0 unspecified atom stereocenters. The second-order valence-electron chi connectivity index (χ2n) is 6.23. The van der Waals surface area contributed by atoms with E-state index in [0.717, 1.165) is 23.2 Å². The number of halogens is 1. The number of nitrogens with zero attached hydrogens (tertiary/aromatic N) is 2. The van der Waals surface area contributed by atoms with Gasteiger partial charge in [0.15, 0.2) is 0 Å². The topological polar surface area (TPSA) is 49.7 Å². The van der Waals surface area contributed by atoms with E-state index in [0.29, 0.717) is 17.3 Å². The summed E-state index contributed by atoms with van der Waals surface area (Å²) in [6, 6.07) is 21.6. The zero-order valence-corrected chi connectivity index (χ0v) is 16.0. The van der Waals surface area contributed by atoms with E-state index >= 15 is 0 Å². The fourth-order valence-electron chi connectivity index (χ4n) is 3.11. The van der Waals surface area contributed by atoms with Crippen LogP contribution in [0.25, 0.3) is 0 Å². The average Bonchev–Trinajstić information content (AvgIpc) is 3.13. The molecule has 3 aromatic rings. The van der Waals surface area contributed by atoms with Gasteiger partial charge in [-0.3, -0.25) is 9.30 Å². The van der Waals surface area contributed by atoms with Crippen molar-refractivity contribution in [3.05, 3.63) is 88.9 Å². The van der Waals surface area contributed by atoms with Gasteiger partial charge >= 0.3 is 0 Å².